The van der Waals surface area contributed by atoms with Crippen LogP contribution in [0.3, 0.4) is 0 Å². The third-order valence-electron chi connectivity index (χ3n) is 3.21. The summed E-state index contributed by atoms with van der Waals surface area (Å²) in [7, 11) is 0. The van der Waals surface area contributed by atoms with Gasteiger partial charge in [0, 0.05) is 24.1 Å². The number of hydrogen-bond acceptors (Lipinski definition) is 4. The molecule has 4 nitrogen and oxygen atoms in total. The molecule has 0 saturated heterocycles. The number of hydrogen-bond donors (Lipinski definition) is 2. The van der Waals surface area contributed by atoms with Crippen molar-refractivity contribution in [1.82, 2.24) is 4.98 Å². The predicted molar refractivity (Wildman–Crippen MR) is 91.8 cm³/mol. The summed E-state index contributed by atoms with van der Waals surface area (Å²) in [5, 5.41) is 4.28. The molecule has 0 aliphatic carbocycles. The van der Waals surface area contributed by atoms with E-state index in [4.69, 9.17) is 22.7 Å². The van der Waals surface area contributed by atoms with Gasteiger partial charge in [0.1, 0.15) is 10.8 Å². The molecule has 0 spiro atoms. The van der Waals surface area contributed by atoms with E-state index in [-0.39, 0.29) is 5.60 Å². The summed E-state index contributed by atoms with van der Waals surface area (Å²) in [5.74, 6) is 0.754. The molecule has 3 N–H and O–H groups in total. The van der Waals surface area contributed by atoms with Crippen LogP contribution in [-0.2, 0) is 4.74 Å². The molecule has 0 aliphatic heterocycles. The second-order valence-electron chi connectivity index (χ2n) is 5.48. The molecule has 2 rings (SSSR count). The minimum atomic E-state index is -0.258. The maximum atomic E-state index is 5.83. The van der Waals surface area contributed by atoms with Crippen molar-refractivity contribution in [2.75, 3.05) is 18.5 Å². The number of thiocarbonyl (C=S) groups is 1. The van der Waals surface area contributed by atoms with Crippen LogP contribution in [0.5, 0.6) is 0 Å². The van der Waals surface area contributed by atoms with Gasteiger partial charge in [-0.3, -0.25) is 0 Å². The van der Waals surface area contributed by atoms with Crippen LogP contribution >= 0.6 is 12.2 Å². The number of benzene rings is 1. The van der Waals surface area contributed by atoms with Crippen LogP contribution in [0.15, 0.2) is 30.3 Å². The molecule has 1 heterocycles. The molecule has 2 aromatic rings. The van der Waals surface area contributed by atoms with Crippen LogP contribution in [0, 0.1) is 0 Å². The van der Waals surface area contributed by atoms with Gasteiger partial charge in [0.05, 0.1) is 11.1 Å². The Bertz CT molecular complexity index is 655. The summed E-state index contributed by atoms with van der Waals surface area (Å²) in [6, 6.07) is 9.73. The van der Waals surface area contributed by atoms with E-state index in [9.17, 15) is 0 Å². The van der Waals surface area contributed by atoms with Crippen LogP contribution in [-0.4, -0.2) is 28.7 Å². The van der Waals surface area contributed by atoms with Gasteiger partial charge in [0.2, 0.25) is 0 Å². The fraction of sp³-hybridized carbons (Fsp3) is 0.375. The van der Waals surface area contributed by atoms with Gasteiger partial charge >= 0.3 is 0 Å². The smallest absolute Gasteiger partial charge is 0.127 e. The summed E-state index contributed by atoms with van der Waals surface area (Å²) >= 11 is 5.15. The number of anilines is 1. The highest BCUT2D eigenvalue weighted by Gasteiger charge is 2.18. The minimum Gasteiger partial charge on any atom is -0.389 e. The zero-order valence-electron chi connectivity index (χ0n) is 12.6. The molecule has 0 atom stereocenters. The molecule has 5 heteroatoms. The lowest BCUT2D eigenvalue weighted by Crippen LogP contribution is -2.33. The first-order chi connectivity index (χ1) is 9.93. The van der Waals surface area contributed by atoms with Gasteiger partial charge in [0.15, 0.2) is 0 Å². The standard InChI is InChI=1S/C16H21N3OS/c1-4-20-16(2,3)10-18-14-9-12(15(17)21)11-7-5-6-8-13(11)19-14/h5-9H,4,10H2,1-3H3,(H2,17,21)(H,18,19). The summed E-state index contributed by atoms with van der Waals surface area (Å²) < 4.78 is 5.68. The molecular formula is C16H21N3OS. The number of pyridine rings is 1. The van der Waals surface area contributed by atoms with Crippen molar-refractivity contribution in [1.29, 1.82) is 0 Å². The van der Waals surface area contributed by atoms with Crippen LogP contribution in [0.1, 0.15) is 26.3 Å². The van der Waals surface area contributed by atoms with E-state index in [1.165, 1.54) is 0 Å². The Morgan fingerprint density at radius 2 is 2.10 bits per heavy atom. The van der Waals surface area contributed by atoms with Crippen molar-refractivity contribution in [3.8, 4) is 0 Å². The van der Waals surface area contributed by atoms with E-state index < -0.39 is 0 Å². The molecule has 0 radical (unpaired) electrons. The molecule has 112 valence electrons. The summed E-state index contributed by atoms with van der Waals surface area (Å²) in [5.41, 5.74) is 7.29. The van der Waals surface area contributed by atoms with E-state index in [0.717, 1.165) is 22.3 Å². The monoisotopic (exact) mass is 303 g/mol. The van der Waals surface area contributed by atoms with Gasteiger partial charge in [-0.25, -0.2) is 4.98 Å². The summed E-state index contributed by atoms with van der Waals surface area (Å²) in [6.45, 7) is 7.40. The van der Waals surface area contributed by atoms with Crippen molar-refractivity contribution in [3.05, 3.63) is 35.9 Å². The number of aromatic nitrogens is 1. The molecule has 1 aromatic heterocycles. The van der Waals surface area contributed by atoms with Crippen molar-refractivity contribution in [3.63, 3.8) is 0 Å². The third kappa shape index (κ3) is 3.89. The van der Waals surface area contributed by atoms with Gasteiger partial charge in [-0.05, 0) is 32.9 Å². The summed E-state index contributed by atoms with van der Waals surface area (Å²) in [4.78, 5) is 4.98. The fourth-order valence-corrected chi connectivity index (χ4v) is 2.38. The average molecular weight is 303 g/mol. The number of ether oxygens (including phenoxy) is 1. The van der Waals surface area contributed by atoms with Crippen molar-refractivity contribution in [2.24, 2.45) is 5.73 Å². The zero-order valence-corrected chi connectivity index (χ0v) is 13.5. The van der Waals surface area contributed by atoms with Crippen molar-refractivity contribution >= 4 is 33.9 Å². The molecule has 0 fully saturated rings. The van der Waals surface area contributed by atoms with E-state index in [1.807, 2.05) is 51.1 Å². The maximum Gasteiger partial charge on any atom is 0.127 e. The van der Waals surface area contributed by atoms with E-state index in [1.54, 1.807) is 0 Å². The number of fused-ring (bicyclic) bond motifs is 1. The minimum absolute atomic E-state index is 0.258. The lowest BCUT2D eigenvalue weighted by atomic mass is 10.1. The molecule has 0 aliphatic rings. The topological polar surface area (TPSA) is 60.2 Å². The van der Waals surface area contributed by atoms with Gasteiger partial charge in [-0.15, -0.1) is 0 Å². The lowest BCUT2D eigenvalue weighted by Gasteiger charge is -2.25. The normalized spacial score (nSPS) is 11.6. The van der Waals surface area contributed by atoms with E-state index in [2.05, 4.69) is 10.3 Å². The largest absolute Gasteiger partial charge is 0.389 e. The number of nitrogens with two attached hydrogens (primary N) is 1. The van der Waals surface area contributed by atoms with Crippen LogP contribution in [0.25, 0.3) is 10.9 Å². The second-order valence-corrected chi connectivity index (χ2v) is 5.92. The van der Waals surface area contributed by atoms with Crippen LogP contribution in [0.4, 0.5) is 5.82 Å². The highest BCUT2D eigenvalue weighted by molar-refractivity contribution is 7.80. The number of nitrogens with one attached hydrogen (secondary N) is 1. The van der Waals surface area contributed by atoms with Gasteiger partial charge in [0.25, 0.3) is 0 Å². The Hall–Kier alpha value is -1.72. The first-order valence-corrected chi connectivity index (χ1v) is 7.41. The fourth-order valence-electron chi connectivity index (χ4n) is 2.22. The van der Waals surface area contributed by atoms with E-state index in [0.29, 0.717) is 18.1 Å². The van der Waals surface area contributed by atoms with E-state index >= 15 is 0 Å². The zero-order chi connectivity index (χ0) is 15.5. The number of nitrogens with zero attached hydrogens (tertiary/aromatic N) is 1. The maximum absolute atomic E-state index is 5.83. The molecule has 0 saturated carbocycles. The lowest BCUT2D eigenvalue weighted by molar-refractivity contribution is 0.000646. The predicted octanol–water partition coefficient (Wildman–Crippen LogP) is 3.10. The first kappa shape index (κ1) is 15.7. The molecule has 0 bridgehead atoms. The Morgan fingerprint density at radius 3 is 2.76 bits per heavy atom. The highest BCUT2D eigenvalue weighted by atomic mass is 32.1. The van der Waals surface area contributed by atoms with Gasteiger partial charge < -0.3 is 15.8 Å². The van der Waals surface area contributed by atoms with Crippen molar-refractivity contribution in [2.45, 2.75) is 26.4 Å². The molecular weight excluding hydrogens is 282 g/mol. The summed E-state index contributed by atoms with van der Waals surface area (Å²) in [6.07, 6.45) is 0. The Morgan fingerprint density at radius 1 is 1.38 bits per heavy atom. The van der Waals surface area contributed by atoms with Gasteiger partial charge in [-0.1, -0.05) is 30.4 Å². The van der Waals surface area contributed by atoms with Gasteiger partial charge in [-0.2, -0.15) is 0 Å². The first-order valence-electron chi connectivity index (χ1n) is 7.00. The van der Waals surface area contributed by atoms with Crippen LogP contribution < -0.4 is 11.1 Å². The molecule has 0 amide bonds. The van der Waals surface area contributed by atoms with Crippen LogP contribution in [0.2, 0.25) is 0 Å². The number of para-hydroxylation sites is 1. The Labute approximate surface area is 130 Å². The second kappa shape index (κ2) is 6.37. The number of rotatable bonds is 6. The Balaban J connectivity index is 2.31. The third-order valence-corrected chi connectivity index (χ3v) is 3.43. The molecule has 0 unspecified atom stereocenters. The molecule has 21 heavy (non-hydrogen) atoms. The molecule has 1 aromatic carbocycles. The quantitative estimate of drug-likeness (QED) is 0.803. The van der Waals surface area contributed by atoms with Crippen molar-refractivity contribution < 1.29 is 4.74 Å². The average Bonchev–Trinajstić information content (AvgIpc) is 2.44. The Kier molecular flexibility index (Phi) is 4.75. The highest BCUT2D eigenvalue weighted by Crippen LogP contribution is 2.21. The SMILES string of the molecule is CCOC(C)(C)CNc1cc(C(N)=S)c2ccccc2n1.